The number of carbonyl (C=O) groups is 1. The fourth-order valence-corrected chi connectivity index (χ4v) is 5.05. The number of morpholine rings is 1. The second kappa shape index (κ2) is 10.2. The van der Waals surface area contributed by atoms with Crippen LogP contribution < -0.4 is 14.5 Å². The van der Waals surface area contributed by atoms with E-state index in [1.165, 1.54) is 18.2 Å². The molecule has 2 aromatic rings. The Balaban J connectivity index is 1.86. The summed E-state index contributed by atoms with van der Waals surface area (Å²) in [6.45, 7) is 6.23. The first-order valence-electron chi connectivity index (χ1n) is 10.6. The molecule has 3 rings (SSSR count). The third kappa shape index (κ3) is 5.79. The number of hydrogen-bond donors (Lipinski definition) is 1. The molecule has 0 radical (unpaired) electrons. The van der Waals surface area contributed by atoms with Gasteiger partial charge in [0.05, 0.1) is 30.1 Å². The fourth-order valence-electron chi connectivity index (χ4n) is 3.79. The van der Waals surface area contributed by atoms with Gasteiger partial charge in [-0.05, 0) is 43.2 Å². The average molecular weight is 477 g/mol. The molecule has 2 aromatic carbocycles. The number of hydrogen-bond acceptors (Lipinski definition) is 7. The lowest BCUT2D eigenvalue weighted by Gasteiger charge is -2.31. The Bertz CT molecular complexity index is 1110. The zero-order valence-electron chi connectivity index (χ0n) is 18.9. The highest BCUT2D eigenvalue weighted by atomic mass is 32.2. The largest absolute Gasteiger partial charge is 0.378 e. The highest BCUT2D eigenvalue weighted by Crippen LogP contribution is 2.30. The minimum absolute atomic E-state index is 0.108. The highest BCUT2D eigenvalue weighted by Gasteiger charge is 2.33. The monoisotopic (exact) mass is 476 g/mol. The van der Waals surface area contributed by atoms with Crippen molar-refractivity contribution in [2.75, 3.05) is 47.1 Å². The standard InChI is InChI=1S/C22H28N4O6S/c1-4-20(25(33(3,30)31)21-15-19(26(28)29)8-5-16(21)2)22(27)23-17-6-9-18(10-7-17)24-11-13-32-14-12-24/h5-10,15,20H,4,11-14H2,1-3H3,(H,23,27)/t20-/m0/s1. The van der Waals surface area contributed by atoms with Gasteiger partial charge in [0.25, 0.3) is 5.69 Å². The molecule has 11 heteroatoms. The predicted octanol–water partition coefficient (Wildman–Crippen LogP) is 2.92. The zero-order valence-corrected chi connectivity index (χ0v) is 19.7. The molecular formula is C22H28N4O6S. The third-order valence-corrected chi connectivity index (χ3v) is 6.65. The van der Waals surface area contributed by atoms with Gasteiger partial charge in [-0.2, -0.15) is 0 Å². The second-order valence-corrected chi connectivity index (χ2v) is 9.71. The summed E-state index contributed by atoms with van der Waals surface area (Å²) >= 11 is 0. The number of sulfonamides is 1. The van der Waals surface area contributed by atoms with Crippen LogP contribution in [0, 0.1) is 17.0 Å². The van der Waals surface area contributed by atoms with Crippen LogP contribution in [0.5, 0.6) is 0 Å². The van der Waals surface area contributed by atoms with E-state index in [2.05, 4.69) is 10.2 Å². The van der Waals surface area contributed by atoms with Gasteiger partial charge in [0.1, 0.15) is 6.04 Å². The summed E-state index contributed by atoms with van der Waals surface area (Å²) in [5.74, 6) is -0.520. The van der Waals surface area contributed by atoms with E-state index in [4.69, 9.17) is 4.74 Å². The molecule has 1 aliphatic rings. The zero-order chi connectivity index (χ0) is 24.2. The molecule has 0 unspecified atom stereocenters. The predicted molar refractivity (Wildman–Crippen MR) is 127 cm³/mol. The Morgan fingerprint density at radius 2 is 1.85 bits per heavy atom. The molecule has 0 spiro atoms. The van der Waals surface area contributed by atoms with E-state index in [0.717, 1.165) is 29.3 Å². The van der Waals surface area contributed by atoms with Crippen molar-refractivity contribution in [2.24, 2.45) is 0 Å². The Kier molecular flexibility index (Phi) is 7.54. The molecule has 10 nitrogen and oxygen atoms in total. The molecular weight excluding hydrogens is 448 g/mol. The number of anilines is 3. The van der Waals surface area contributed by atoms with E-state index in [1.807, 2.05) is 12.1 Å². The van der Waals surface area contributed by atoms with Gasteiger partial charge in [0.15, 0.2) is 0 Å². The lowest BCUT2D eigenvalue weighted by molar-refractivity contribution is -0.384. The SMILES string of the molecule is CC[C@@H](C(=O)Nc1ccc(N2CCOCC2)cc1)N(c1cc([N+](=O)[O-])ccc1C)S(C)(=O)=O. The number of rotatable bonds is 8. The molecule has 0 saturated carbocycles. The molecule has 1 heterocycles. The van der Waals surface area contributed by atoms with E-state index in [0.29, 0.717) is 24.5 Å². The van der Waals surface area contributed by atoms with Crippen molar-refractivity contribution in [1.82, 2.24) is 0 Å². The average Bonchev–Trinajstić information content (AvgIpc) is 2.78. The van der Waals surface area contributed by atoms with Crippen molar-refractivity contribution in [1.29, 1.82) is 0 Å². The highest BCUT2D eigenvalue weighted by molar-refractivity contribution is 7.92. The molecule has 1 atom stereocenters. The van der Waals surface area contributed by atoms with Crippen molar-refractivity contribution in [3.63, 3.8) is 0 Å². The van der Waals surface area contributed by atoms with E-state index < -0.39 is 26.9 Å². The summed E-state index contributed by atoms with van der Waals surface area (Å²) < 4.78 is 31.7. The number of carbonyl (C=O) groups excluding carboxylic acids is 1. The first-order valence-corrected chi connectivity index (χ1v) is 12.4. The first kappa shape index (κ1) is 24.5. The van der Waals surface area contributed by atoms with Crippen LogP contribution in [0.4, 0.5) is 22.7 Å². The van der Waals surface area contributed by atoms with Crippen molar-refractivity contribution in [3.05, 3.63) is 58.1 Å². The molecule has 1 amide bonds. The van der Waals surface area contributed by atoms with E-state index in [1.54, 1.807) is 26.0 Å². The minimum atomic E-state index is -3.92. The summed E-state index contributed by atoms with van der Waals surface area (Å²) in [6, 6.07) is 10.2. The summed E-state index contributed by atoms with van der Waals surface area (Å²) in [7, 11) is -3.92. The Morgan fingerprint density at radius 3 is 2.39 bits per heavy atom. The molecule has 178 valence electrons. The summed E-state index contributed by atoms with van der Waals surface area (Å²) in [5, 5.41) is 14.0. The van der Waals surface area contributed by atoms with Crippen molar-refractivity contribution < 1.29 is 22.9 Å². The van der Waals surface area contributed by atoms with Gasteiger partial charge in [-0.25, -0.2) is 8.42 Å². The first-order chi connectivity index (χ1) is 15.6. The van der Waals surface area contributed by atoms with Gasteiger partial charge < -0.3 is 15.0 Å². The number of nitrogens with one attached hydrogen (secondary N) is 1. The maximum atomic E-state index is 13.1. The van der Waals surface area contributed by atoms with Gasteiger partial charge in [0, 0.05) is 36.6 Å². The Morgan fingerprint density at radius 1 is 1.21 bits per heavy atom. The number of nitro groups is 1. The number of ether oxygens (including phenoxy) is 1. The van der Waals surface area contributed by atoms with Crippen molar-refractivity contribution >= 4 is 38.7 Å². The number of amides is 1. The molecule has 1 N–H and O–H groups in total. The van der Waals surface area contributed by atoms with Crippen LogP contribution in [0.25, 0.3) is 0 Å². The quantitative estimate of drug-likeness (QED) is 0.459. The third-order valence-electron chi connectivity index (χ3n) is 5.48. The van der Waals surface area contributed by atoms with Gasteiger partial charge in [-0.1, -0.05) is 13.0 Å². The van der Waals surface area contributed by atoms with Crippen molar-refractivity contribution in [3.8, 4) is 0 Å². The van der Waals surface area contributed by atoms with Crippen LogP contribution in [0.3, 0.4) is 0 Å². The summed E-state index contributed by atoms with van der Waals surface area (Å²) in [4.78, 5) is 26.0. The van der Waals surface area contributed by atoms with Gasteiger partial charge in [-0.15, -0.1) is 0 Å². The minimum Gasteiger partial charge on any atom is -0.378 e. The van der Waals surface area contributed by atoms with Crippen LogP contribution in [0.2, 0.25) is 0 Å². The fraction of sp³-hybridized carbons (Fsp3) is 0.409. The van der Waals surface area contributed by atoms with E-state index >= 15 is 0 Å². The van der Waals surface area contributed by atoms with E-state index in [-0.39, 0.29) is 17.8 Å². The molecule has 1 fully saturated rings. The molecule has 1 saturated heterocycles. The molecule has 0 bridgehead atoms. The number of benzene rings is 2. The van der Waals surface area contributed by atoms with Crippen LogP contribution in [0.15, 0.2) is 42.5 Å². The topological polar surface area (TPSA) is 122 Å². The normalized spacial score (nSPS) is 15.1. The van der Waals surface area contributed by atoms with Crippen LogP contribution in [-0.2, 0) is 19.6 Å². The van der Waals surface area contributed by atoms with Gasteiger partial charge in [-0.3, -0.25) is 19.2 Å². The summed E-state index contributed by atoms with van der Waals surface area (Å²) in [6.07, 6.45) is 1.16. The maximum absolute atomic E-state index is 13.1. The second-order valence-electron chi connectivity index (χ2n) is 7.85. The van der Waals surface area contributed by atoms with Crippen molar-refractivity contribution in [2.45, 2.75) is 26.3 Å². The van der Waals surface area contributed by atoms with Crippen LogP contribution in [-0.4, -0.2) is 57.8 Å². The van der Waals surface area contributed by atoms with E-state index in [9.17, 15) is 23.3 Å². The molecule has 33 heavy (non-hydrogen) atoms. The lowest BCUT2D eigenvalue weighted by Crippen LogP contribution is -2.47. The number of nitro benzene ring substituents is 1. The van der Waals surface area contributed by atoms with Crippen LogP contribution in [0.1, 0.15) is 18.9 Å². The van der Waals surface area contributed by atoms with Crippen LogP contribution >= 0.6 is 0 Å². The Hall–Kier alpha value is -3.18. The molecule has 0 aromatic heterocycles. The Labute approximate surface area is 193 Å². The number of aryl methyl sites for hydroxylation is 1. The van der Waals surface area contributed by atoms with Gasteiger partial charge in [0.2, 0.25) is 15.9 Å². The molecule has 0 aliphatic carbocycles. The summed E-state index contributed by atoms with van der Waals surface area (Å²) in [5.41, 5.74) is 1.90. The smallest absolute Gasteiger partial charge is 0.271 e. The lowest BCUT2D eigenvalue weighted by atomic mass is 10.1. The number of nitrogens with zero attached hydrogens (tertiary/aromatic N) is 3. The number of non-ortho nitro benzene ring substituents is 1. The van der Waals surface area contributed by atoms with Gasteiger partial charge >= 0.3 is 0 Å². The maximum Gasteiger partial charge on any atom is 0.271 e. The molecule has 1 aliphatic heterocycles.